The van der Waals surface area contributed by atoms with Crippen LogP contribution in [0.2, 0.25) is 0 Å². The minimum Gasteiger partial charge on any atom is -0.466 e. The molecule has 1 N–H and O–H groups in total. The molecule has 9 nitrogen and oxygen atoms in total. The first-order valence-corrected chi connectivity index (χ1v) is 13.8. The summed E-state index contributed by atoms with van der Waals surface area (Å²) in [5.41, 5.74) is 4.11. The molecule has 0 aliphatic carbocycles. The number of likely N-dealkylation sites (tertiary alicyclic amines) is 1. The molecular formula is C30H39N3O6. The molecule has 1 atom stereocenters. The molecule has 0 saturated carbocycles. The Kier molecular flexibility index (Phi) is 10.3. The summed E-state index contributed by atoms with van der Waals surface area (Å²) < 4.78 is 16.3. The van der Waals surface area contributed by atoms with Crippen LogP contribution in [0.4, 0.5) is 10.5 Å². The van der Waals surface area contributed by atoms with Crippen molar-refractivity contribution in [1.82, 2.24) is 9.80 Å². The average molecular weight is 538 g/mol. The van der Waals surface area contributed by atoms with Gasteiger partial charge in [0.25, 0.3) is 0 Å². The van der Waals surface area contributed by atoms with E-state index in [4.69, 9.17) is 14.2 Å². The van der Waals surface area contributed by atoms with Crippen LogP contribution in [0.3, 0.4) is 0 Å². The van der Waals surface area contributed by atoms with Crippen molar-refractivity contribution in [3.8, 4) is 0 Å². The summed E-state index contributed by atoms with van der Waals surface area (Å²) in [7, 11) is 0. The number of nitrogens with one attached hydrogen (secondary N) is 1. The lowest BCUT2D eigenvalue weighted by atomic mass is 9.93. The van der Waals surface area contributed by atoms with Crippen molar-refractivity contribution >= 4 is 23.7 Å². The molecule has 2 aliphatic rings. The molecule has 4 rings (SSSR count). The highest BCUT2D eigenvalue weighted by atomic mass is 16.6. The second-order valence-corrected chi connectivity index (χ2v) is 10.0. The third kappa shape index (κ3) is 8.28. The molecule has 0 bridgehead atoms. The van der Waals surface area contributed by atoms with Crippen molar-refractivity contribution in [1.29, 1.82) is 0 Å². The zero-order chi connectivity index (χ0) is 27.6. The van der Waals surface area contributed by atoms with Gasteiger partial charge in [0.05, 0.1) is 19.1 Å². The lowest BCUT2D eigenvalue weighted by Crippen LogP contribution is -2.41. The number of benzene rings is 2. The van der Waals surface area contributed by atoms with Crippen molar-refractivity contribution in [2.24, 2.45) is 0 Å². The molecule has 0 spiro atoms. The number of carbonyl (C=O) groups is 3. The van der Waals surface area contributed by atoms with Gasteiger partial charge >= 0.3 is 12.1 Å². The van der Waals surface area contributed by atoms with E-state index >= 15 is 0 Å². The molecule has 2 heterocycles. The van der Waals surface area contributed by atoms with E-state index in [1.807, 2.05) is 49.4 Å². The lowest BCUT2D eigenvalue weighted by molar-refractivity contribution is -0.143. The molecule has 1 unspecified atom stereocenters. The van der Waals surface area contributed by atoms with E-state index in [1.165, 1.54) is 5.56 Å². The smallest absolute Gasteiger partial charge is 0.410 e. The van der Waals surface area contributed by atoms with Crippen LogP contribution in [0.1, 0.15) is 55.8 Å². The van der Waals surface area contributed by atoms with Gasteiger partial charge in [-0.2, -0.15) is 0 Å². The fraction of sp³-hybridized carbons (Fsp3) is 0.500. The number of anilines is 1. The molecule has 0 radical (unpaired) electrons. The van der Waals surface area contributed by atoms with Gasteiger partial charge in [0, 0.05) is 37.9 Å². The first-order chi connectivity index (χ1) is 18.9. The first-order valence-electron chi connectivity index (χ1n) is 13.8. The van der Waals surface area contributed by atoms with Crippen LogP contribution in [0.15, 0.2) is 48.5 Å². The van der Waals surface area contributed by atoms with Crippen molar-refractivity contribution in [2.45, 2.75) is 58.3 Å². The Bertz CT molecular complexity index is 1120. The second kappa shape index (κ2) is 14.1. The Labute approximate surface area is 230 Å². The maximum atomic E-state index is 12.6. The van der Waals surface area contributed by atoms with Crippen molar-refractivity contribution in [3.05, 3.63) is 65.2 Å². The van der Waals surface area contributed by atoms with E-state index in [1.54, 1.807) is 4.90 Å². The summed E-state index contributed by atoms with van der Waals surface area (Å²) in [6.07, 6.45) is 2.19. The zero-order valence-corrected chi connectivity index (χ0v) is 22.9. The average Bonchev–Trinajstić information content (AvgIpc) is 2.96. The fourth-order valence-electron chi connectivity index (χ4n) is 5.12. The van der Waals surface area contributed by atoms with Crippen LogP contribution in [0.5, 0.6) is 0 Å². The Morgan fingerprint density at radius 2 is 1.77 bits per heavy atom. The maximum absolute atomic E-state index is 12.6. The number of hydrogen-bond acceptors (Lipinski definition) is 7. The van der Waals surface area contributed by atoms with E-state index < -0.39 is 0 Å². The largest absolute Gasteiger partial charge is 0.466 e. The van der Waals surface area contributed by atoms with E-state index in [0.29, 0.717) is 45.5 Å². The third-order valence-electron chi connectivity index (χ3n) is 7.36. The second-order valence-electron chi connectivity index (χ2n) is 10.0. The molecule has 1 fully saturated rings. The van der Waals surface area contributed by atoms with Crippen molar-refractivity contribution in [2.75, 3.05) is 44.7 Å². The highest BCUT2D eigenvalue weighted by molar-refractivity contribution is 5.91. The summed E-state index contributed by atoms with van der Waals surface area (Å²) >= 11 is 0. The highest BCUT2D eigenvalue weighted by Gasteiger charge is 2.26. The van der Waals surface area contributed by atoms with Gasteiger partial charge in [-0.25, -0.2) is 4.79 Å². The van der Waals surface area contributed by atoms with Crippen LogP contribution < -0.4 is 5.32 Å². The van der Waals surface area contributed by atoms with Crippen LogP contribution in [-0.2, 0) is 36.8 Å². The Hall–Kier alpha value is -3.43. The molecule has 2 aromatic rings. The molecule has 210 valence electrons. The summed E-state index contributed by atoms with van der Waals surface area (Å²) in [6.45, 7) is 7.15. The highest BCUT2D eigenvalue weighted by Crippen LogP contribution is 2.31. The van der Waals surface area contributed by atoms with E-state index in [9.17, 15) is 14.4 Å². The standard InChI is InChI=1S/C30H39N3O6/c1-3-37-29(35)14-18-32-15-11-24-9-10-25(19-27(24)22(32)2)31-28(34)21-38-26-12-16-33(17-13-26)30(36)39-20-23-7-5-4-6-8-23/h4-10,19,22,26H,3,11-18,20-21H2,1-2H3,(H,31,34). The van der Waals surface area contributed by atoms with Gasteiger partial charge in [0.1, 0.15) is 13.2 Å². The molecule has 1 saturated heterocycles. The molecular weight excluding hydrogens is 498 g/mol. The van der Waals surface area contributed by atoms with Crippen LogP contribution in [-0.4, -0.2) is 73.3 Å². The van der Waals surface area contributed by atoms with Gasteiger partial charge in [-0.05, 0) is 61.9 Å². The molecule has 2 aromatic carbocycles. The lowest BCUT2D eigenvalue weighted by Gasteiger charge is -2.35. The molecule has 0 aromatic heterocycles. The number of amides is 2. The summed E-state index contributed by atoms with van der Waals surface area (Å²) in [4.78, 5) is 40.7. The summed E-state index contributed by atoms with van der Waals surface area (Å²) in [5.74, 6) is -0.382. The number of rotatable bonds is 10. The molecule has 39 heavy (non-hydrogen) atoms. The fourth-order valence-corrected chi connectivity index (χ4v) is 5.12. The quantitative estimate of drug-likeness (QED) is 0.451. The molecule has 2 amide bonds. The van der Waals surface area contributed by atoms with Gasteiger partial charge in [0.15, 0.2) is 0 Å². The Morgan fingerprint density at radius 1 is 1.00 bits per heavy atom. The van der Waals surface area contributed by atoms with Gasteiger partial charge in [-0.3, -0.25) is 14.5 Å². The number of ether oxygens (including phenoxy) is 3. The number of fused-ring (bicyclic) bond motifs is 1. The Balaban J connectivity index is 1.18. The van der Waals surface area contributed by atoms with Crippen LogP contribution in [0, 0.1) is 0 Å². The SMILES string of the molecule is CCOC(=O)CCN1CCc2ccc(NC(=O)COC3CCN(C(=O)OCc4ccccc4)CC3)cc2C1C. The van der Waals surface area contributed by atoms with Gasteiger partial charge in [-0.15, -0.1) is 0 Å². The van der Waals surface area contributed by atoms with Crippen LogP contribution in [0.25, 0.3) is 0 Å². The summed E-state index contributed by atoms with van der Waals surface area (Å²) in [5, 5.41) is 2.95. The number of hydrogen-bond donors (Lipinski definition) is 1. The topological polar surface area (TPSA) is 97.4 Å². The number of carbonyl (C=O) groups excluding carboxylic acids is 3. The monoisotopic (exact) mass is 537 g/mol. The van der Waals surface area contributed by atoms with Gasteiger partial charge in [-0.1, -0.05) is 36.4 Å². The predicted molar refractivity (Wildman–Crippen MR) is 147 cm³/mol. The van der Waals surface area contributed by atoms with Crippen molar-refractivity contribution < 1.29 is 28.6 Å². The van der Waals surface area contributed by atoms with E-state index in [2.05, 4.69) is 23.2 Å². The molecule has 9 heteroatoms. The normalized spacial score (nSPS) is 17.8. The summed E-state index contributed by atoms with van der Waals surface area (Å²) in [6, 6.07) is 15.8. The minimum absolute atomic E-state index is 0.0403. The third-order valence-corrected chi connectivity index (χ3v) is 7.36. The van der Waals surface area contributed by atoms with E-state index in [-0.39, 0.29) is 43.3 Å². The molecule has 2 aliphatic heterocycles. The van der Waals surface area contributed by atoms with E-state index in [0.717, 1.165) is 29.8 Å². The number of nitrogens with zero attached hydrogens (tertiary/aromatic N) is 2. The van der Waals surface area contributed by atoms with Gasteiger partial charge in [0.2, 0.25) is 5.91 Å². The maximum Gasteiger partial charge on any atom is 0.410 e. The van der Waals surface area contributed by atoms with Crippen LogP contribution >= 0.6 is 0 Å². The Morgan fingerprint density at radius 3 is 2.51 bits per heavy atom. The van der Waals surface area contributed by atoms with Crippen molar-refractivity contribution in [3.63, 3.8) is 0 Å². The van der Waals surface area contributed by atoms with Gasteiger partial charge < -0.3 is 24.4 Å². The zero-order valence-electron chi connectivity index (χ0n) is 22.9. The number of piperidine rings is 1. The number of esters is 1. The first kappa shape index (κ1) is 28.6. The minimum atomic E-state index is -0.323. The predicted octanol–water partition coefficient (Wildman–Crippen LogP) is 4.32.